The molecule has 2 atom stereocenters. The van der Waals surface area contributed by atoms with Gasteiger partial charge in [0.15, 0.2) is 0 Å². The molecule has 1 aliphatic carbocycles. The monoisotopic (exact) mass is 296 g/mol. The third kappa shape index (κ3) is 4.04. The molecule has 1 aromatic rings. The molecule has 0 aliphatic heterocycles. The molecule has 0 amide bonds. The molecule has 0 saturated carbocycles. The number of benzene rings is 1. The highest BCUT2D eigenvalue weighted by Gasteiger charge is 2.28. The number of nitrogens with one attached hydrogen (secondary N) is 2. The van der Waals surface area contributed by atoms with Crippen molar-refractivity contribution in [1.82, 2.24) is 10.0 Å². The van der Waals surface area contributed by atoms with Gasteiger partial charge in [-0.05, 0) is 43.4 Å². The fourth-order valence-corrected chi connectivity index (χ4v) is 3.39. The summed E-state index contributed by atoms with van der Waals surface area (Å²) in [7, 11) is -3.07. The van der Waals surface area contributed by atoms with Crippen molar-refractivity contribution >= 4 is 10.0 Å². The van der Waals surface area contributed by atoms with Crippen LogP contribution in [0, 0.1) is 12.8 Å². The molecule has 5 heteroatoms. The first-order chi connectivity index (χ1) is 9.37. The lowest BCUT2D eigenvalue weighted by molar-refractivity contribution is 0.414. The first-order valence-corrected chi connectivity index (χ1v) is 9.03. The predicted molar refractivity (Wildman–Crippen MR) is 82.3 cm³/mol. The summed E-state index contributed by atoms with van der Waals surface area (Å²) in [5, 5.41) is 3.57. The lowest BCUT2D eigenvalue weighted by atomic mass is 10.0. The maximum atomic E-state index is 11.0. The molecule has 0 heterocycles. The molecule has 0 radical (unpaired) electrons. The summed E-state index contributed by atoms with van der Waals surface area (Å²) in [6.07, 6.45) is 3.12. The fourth-order valence-electron chi connectivity index (χ4n) is 2.88. The van der Waals surface area contributed by atoms with Crippen molar-refractivity contribution in [3.8, 4) is 0 Å². The highest BCUT2D eigenvalue weighted by molar-refractivity contribution is 7.88. The van der Waals surface area contributed by atoms with E-state index in [1.807, 2.05) is 0 Å². The second-order valence-electron chi connectivity index (χ2n) is 5.84. The summed E-state index contributed by atoms with van der Waals surface area (Å²) in [4.78, 5) is 0. The van der Waals surface area contributed by atoms with E-state index in [4.69, 9.17) is 0 Å². The van der Waals surface area contributed by atoms with Crippen molar-refractivity contribution in [3.63, 3.8) is 0 Å². The van der Waals surface area contributed by atoms with E-state index in [0.717, 1.165) is 19.4 Å². The molecule has 112 valence electrons. The van der Waals surface area contributed by atoms with Gasteiger partial charge < -0.3 is 5.32 Å². The largest absolute Gasteiger partial charge is 0.310 e. The van der Waals surface area contributed by atoms with Crippen LogP contribution >= 0.6 is 0 Å². The smallest absolute Gasteiger partial charge is 0.208 e. The first-order valence-electron chi connectivity index (χ1n) is 7.14. The molecule has 0 saturated heterocycles. The Bertz CT molecular complexity index is 569. The Balaban J connectivity index is 1.86. The third-order valence-corrected chi connectivity index (χ3v) is 4.56. The molecule has 20 heavy (non-hydrogen) atoms. The minimum Gasteiger partial charge on any atom is -0.310 e. The van der Waals surface area contributed by atoms with Gasteiger partial charge in [0.25, 0.3) is 0 Å². The van der Waals surface area contributed by atoms with Crippen LogP contribution < -0.4 is 10.0 Å². The number of hydrogen-bond donors (Lipinski definition) is 2. The predicted octanol–water partition coefficient (Wildman–Crippen LogP) is 1.76. The lowest BCUT2D eigenvalue weighted by Gasteiger charge is -2.19. The Hall–Kier alpha value is -0.910. The van der Waals surface area contributed by atoms with Crippen molar-refractivity contribution in [2.75, 3.05) is 19.3 Å². The van der Waals surface area contributed by atoms with Crippen LogP contribution in [0.25, 0.3) is 0 Å². The van der Waals surface area contributed by atoms with Crippen molar-refractivity contribution in [3.05, 3.63) is 34.9 Å². The van der Waals surface area contributed by atoms with E-state index in [1.54, 1.807) is 0 Å². The minimum absolute atomic E-state index is 0.392. The average molecular weight is 296 g/mol. The summed E-state index contributed by atoms with van der Waals surface area (Å²) in [5.74, 6) is 0.592. The maximum Gasteiger partial charge on any atom is 0.208 e. The van der Waals surface area contributed by atoms with Crippen LogP contribution in [0.2, 0.25) is 0 Å². The third-order valence-electron chi connectivity index (χ3n) is 3.83. The van der Waals surface area contributed by atoms with Crippen LogP contribution in [-0.4, -0.2) is 27.8 Å². The molecule has 1 aliphatic rings. The lowest BCUT2D eigenvalue weighted by Crippen LogP contribution is -2.29. The SMILES string of the molecule is Cc1ccc2c(c1)[C@@H](NCCCNS(C)(=O)=O)[C@@H](C)C2. The maximum absolute atomic E-state index is 11.0. The standard InChI is InChI=1S/C15H24N2O2S/c1-11-5-6-13-10-12(2)15(14(13)9-11)16-7-4-8-17-20(3,18)19/h5-6,9,12,15-17H,4,7-8,10H2,1-3H3/t12-,15-/m0/s1. The van der Waals surface area contributed by atoms with E-state index >= 15 is 0 Å². The number of fused-ring (bicyclic) bond motifs is 1. The molecular weight excluding hydrogens is 272 g/mol. The Morgan fingerprint density at radius 2 is 2.05 bits per heavy atom. The second kappa shape index (κ2) is 6.24. The molecule has 0 bridgehead atoms. The number of hydrogen-bond acceptors (Lipinski definition) is 3. The summed E-state index contributed by atoms with van der Waals surface area (Å²) < 4.78 is 24.5. The molecule has 2 rings (SSSR count). The van der Waals surface area contributed by atoms with Crippen LogP contribution in [0.5, 0.6) is 0 Å². The average Bonchev–Trinajstić information content (AvgIpc) is 2.64. The van der Waals surface area contributed by atoms with E-state index in [-0.39, 0.29) is 0 Å². The molecule has 0 aromatic heterocycles. The molecule has 1 aromatic carbocycles. The zero-order valence-corrected chi connectivity index (χ0v) is 13.3. The van der Waals surface area contributed by atoms with Gasteiger partial charge in [-0.3, -0.25) is 0 Å². The van der Waals surface area contributed by atoms with Crippen LogP contribution in [0.15, 0.2) is 18.2 Å². The van der Waals surface area contributed by atoms with Gasteiger partial charge in [-0.25, -0.2) is 13.1 Å². The Labute approximate surface area is 122 Å². The van der Waals surface area contributed by atoms with Crippen molar-refractivity contribution in [2.45, 2.75) is 32.7 Å². The molecule has 4 nitrogen and oxygen atoms in total. The number of sulfonamides is 1. The van der Waals surface area contributed by atoms with Crippen LogP contribution in [0.3, 0.4) is 0 Å². The Morgan fingerprint density at radius 1 is 1.30 bits per heavy atom. The van der Waals surface area contributed by atoms with Gasteiger partial charge in [0.05, 0.1) is 6.26 Å². The molecule has 0 unspecified atom stereocenters. The van der Waals surface area contributed by atoms with E-state index in [2.05, 4.69) is 42.1 Å². The molecule has 2 N–H and O–H groups in total. The minimum atomic E-state index is -3.07. The van der Waals surface area contributed by atoms with Crippen LogP contribution in [-0.2, 0) is 16.4 Å². The quantitative estimate of drug-likeness (QED) is 0.786. The van der Waals surface area contributed by atoms with Gasteiger partial charge in [-0.1, -0.05) is 30.7 Å². The molecule has 0 fully saturated rings. The van der Waals surface area contributed by atoms with Crippen molar-refractivity contribution in [1.29, 1.82) is 0 Å². The zero-order valence-electron chi connectivity index (χ0n) is 12.4. The van der Waals surface area contributed by atoms with Gasteiger partial charge in [-0.2, -0.15) is 0 Å². The Morgan fingerprint density at radius 3 is 2.75 bits per heavy atom. The second-order valence-corrected chi connectivity index (χ2v) is 7.67. The normalized spacial score (nSPS) is 21.9. The highest BCUT2D eigenvalue weighted by Crippen LogP contribution is 2.36. The highest BCUT2D eigenvalue weighted by atomic mass is 32.2. The first kappa shape index (κ1) is 15.5. The van der Waals surface area contributed by atoms with Gasteiger partial charge in [0.2, 0.25) is 10.0 Å². The summed E-state index contributed by atoms with van der Waals surface area (Å²) in [5.41, 5.74) is 4.15. The summed E-state index contributed by atoms with van der Waals surface area (Å²) in [6.45, 7) is 5.70. The van der Waals surface area contributed by atoms with E-state index in [1.165, 1.54) is 22.9 Å². The number of aryl methyl sites for hydroxylation is 1. The van der Waals surface area contributed by atoms with Gasteiger partial charge in [0.1, 0.15) is 0 Å². The fraction of sp³-hybridized carbons (Fsp3) is 0.600. The number of rotatable bonds is 6. The zero-order chi connectivity index (χ0) is 14.8. The van der Waals surface area contributed by atoms with Crippen molar-refractivity contribution in [2.24, 2.45) is 5.92 Å². The van der Waals surface area contributed by atoms with Gasteiger partial charge in [-0.15, -0.1) is 0 Å². The van der Waals surface area contributed by atoms with Crippen LogP contribution in [0.4, 0.5) is 0 Å². The van der Waals surface area contributed by atoms with Gasteiger partial charge >= 0.3 is 0 Å². The Kier molecular flexibility index (Phi) is 4.83. The van der Waals surface area contributed by atoms with Gasteiger partial charge in [0, 0.05) is 12.6 Å². The van der Waals surface area contributed by atoms with E-state index in [0.29, 0.717) is 18.5 Å². The molecular formula is C15H24N2O2S. The summed E-state index contributed by atoms with van der Waals surface area (Å²) >= 11 is 0. The topological polar surface area (TPSA) is 58.2 Å². The van der Waals surface area contributed by atoms with Crippen molar-refractivity contribution < 1.29 is 8.42 Å². The molecule has 0 spiro atoms. The van der Waals surface area contributed by atoms with Crippen LogP contribution in [0.1, 0.15) is 36.1 Å². The van der Waals surface area contributed by atoms with E-state index < -0.39 is 10.0 Å². The van der Waals surface area contributed by atoms with E-state index in [9.17, 15) is 8.42 Å². The summed E-state index contributed by atoms with van der Waals surface area (Å²) in [6, 6.07) is 7.06.